The van der Waals surface area contributed by atoms with E-state index < -0.39 is 5.91 Å². The number of ether oxygens (including phenoxy) is 2. The summed E-state index contributed by atoms with van der Waals surface area (Å²) < 4.78 is 10.4. The molecule has 0 radical (unpaired) electrons. The van der Waals surface area contributed by atoms with Crippen molar-refractivity contribution in [3.8, 4) is 11.5 Å². The van der Waals surface area contributed by atoms with E-state index in [1.807, 2.05) is 24.0 Å². The number of hydrogen-bond acceptors (Lipinski definition) is 6. The number of methoxy groups -OCH3 is 2. The Bertz CT molecular complexity index is 1020. The van der Waals surface area contributed by atoms with Gasteiger partial charge in [-0.1, -0.05) is 18.5 Å². The smallest absolute Gasteiger partial charge is 0.257 e. The quantitative estimate of drug-likeness (QED) is 0.599. The highest BCUT2D eigenvalue weighted by Gasteiger charge is 2.21. The standard InChI is InChI=1S/C23H27ClN4O4S/c1-4-21(29)28-9-7-27(8-10-28)20-6-5-16(13-19(20)24)25-23(33)26-22(30)15-11-17(31-2)14-18(12-15)32-3/h5-6,11-14H,4,7-10H2,1-3H3,(H2,25,26,30,33). The molecular weight excluding hydrogens is 464 g/mol. The van der Waals surface area contributed by atoms with E-state index in [2.05, 4.69) is 15.5 Å². The second-order valence-electron chi connectivity index (χ2n) is 7.40. The summed E-state index contributed by atoms with van der Waals surface area (Å²) in [5, 5.41) is 6.32. The number of carbonyl (C=O) groups is 2. The molecule has 2 amide bonds. The number of nitrogens with zero attached hydrogens (tertiary/aromatic N) is 2. The molecule has 1 aliphatic heterocycles. The van der Waals surface area contributed by atoms with Crippen molar-refractivity contribution in [1.82, 2.24) is 10.2 Å². The van der Waals surface area contributed by atoms with Crippen LogP contribution in [0.4, 0.5) is 11.4 Å². The first-order valence-corrected chi connectivity index (χ1v) is 11.3. The molecule has 1 fully saturated rings. The van der Waals surface area contributed by atoms with E-state index in [1.54, 1.807) is 24.3 Å². The first-order valence-electron chi connectivity index (χ1n) is 10.5. The van der Waals surface area contributed by atoms with Gasteiger partial charge < -0.3 is 24.6 Å². The summed E-state index contributed by atoms with van der Waals surface area (Å²) in [6.45, 7) is 4.66. The second kappa shape index (κ2) is 11.2. The van der Waals surface area contributed by atoms with Crippen LogP contribution in [-0.4, -0.2) is 62.2 Å². The zero-order valence-corrected chi connectivity index (χ0v) is 20.4. The number of rotatable bonds is 6. The third kappa shape index (κ3) is 6.27. The third-order valence-corrected chi connectivity index (χ3v) is 5.83. The van der Waals surface area contributed by atoms with Crippen molar-refractivity contribution in [3.63, 3.8) is 0 Å². The molecule has 2 N–H and O–H groups in total. The highest BCUT2D eigenvalue weighted by atomic mass is 35.5. The monoisotopic (exact) mass is 490 g/mol. The Morgan fingerprint density at radius 2 is 1.67 bits per heavy atom. The fraction of sp³-hybridized carbons (Fsp3) is 0.348. The molecule has 1 saturated heterocycles. The normalized spacial score (nSPS) is 13.3. The van der Waals surface area contributed by atoms with Gasteiger partial charge in [-0.05, 0) is 42.5 Å². The maximum Gasteiger partial charge on any atom is 0.257 e. The summed E-state index contributed by atoms with van der Waals surface area (Å²) in [6, 6.07) is 10.4. The number of halogens is 1. The fourth-order valence-corrected chi connectivity index (χ4v) is 4.05. The molecule has 1 heterocycles. The van der Waals surface area contributed by atoms with Gasteiger partial charge in [-0.25, -0.2) is 0 Å². The molecule has 0 bridgehead atoms. The average Bonchev–Trinajstić information content (AvgIpc) is 2.83. The van der Waals surface area contributed by atoms with Crippen LogP contribution < -0.4 is 25.0 Å². The Morgan fingerprint density at radius 1 is 1.03 bits per heavy atom. The number of thiocarbonyl (C=S) groups is 1. The highest BCUT2D eigenvalue weighted by Crippen LogP contribution is 2.30. The molecule has 2 aromatic rings. The van der Waals surface area contributed by atoms with Crippen molar-refractivity contribution in [2.75, 3.05) is 50.6 Å². The molecule has 33 heavy (non-hydrogen) atoms. The predicted octanol–water partition coefficient (Wildman–Crippen LogP) is 3.54. The summed E-state index contributed by atoms with van der Waals surface area (Å²) in [5.41, 5.74) is 1.89. The Labute approximate surface area is 203 Å². The fourth-order valence-electron chi connectivity index (χ4n) is 3.54. The second-order valence-corrected chi connectivity index (χ2v) is 8.21. The first-order chi connectivity index (χ1) is 15.8. The molecule has 0 aromatic heterocycles. The van der Waals surface area contributed by atoms with E-state index in [1.165, 1.54) is 14.2 Å². The van der Waals surface area contributed by atoms with Crippen LogP contribution >= 0.6 is 23.8 Å². The molecule has 10 heteroatoms. The van der Waals surface area contributed by atoms with E-state index in [9.17, 15) is 9.59 Å². The van der Waals surface area contributed by atoms with Gasteiger partial charge in [0.25, 0.3) is 5.91 Å². The average molecular weight is 491 g/mol. The topological polar surface area (TPSA) is 83.1 Å². The lowest BCUT2D eigenvalue weighted by atomic mass is 10.2. The maximum absolute atomic E-state index is 12.6. The predicted molar refractivity (Wildman–Crippen MR) is 134 cm³/mol. The molecule has 0 saturated carbocycles. The third-order valence-electron chi connectivity index (χ3n) is 5.32. The van der Waals surface area contributed by atoms with Crippen LogP contribution in [0.2, 0.25) is 5.02 Å². The Kier molecular flexibility index (Phi) is 8.35. The van der Waals surface area contributed by atoms with Crippen molar-refractivity contribution in [3.05, 3.63) is 47.0 Å². The molecule has 1 aliphatic rings. The Hall–Kier alpha value is -3.04. The van der Waals surface area contributed by atoms with Gasteiger partial charge in [0, 0.05) is 49.9 Å². The van der Waals surface area contributed by atoms with Crippen molar-refractivity contribution < 1.29 is 19.1 Å². The lowest BCUT2D eigenvalue weighted by Gasteiger charge is -2.36. The summed E-state index contributed by atoms with van der Waals surface area (Å²) in [6.07, 6.45) is 0.517. The lowest BCUT2D eigenvalue weighted by molar-refractivity contribution is -0.131. The molecule has 2 aromatic carbocycles. The molecule has 0 aliphatic carbocycles. The van der Waals surface area contributed by atoms with Gasteiger partial charge in [-0.2, -0.15) is 0 Å². The summed E-state index contributed by atoms with van der Waals surface area (Å²) >= 11 is 11.8. The molecular formula is C23H27ClN4O4S. The lowest BCUT2D eigenvalue weighted by Crippen LogP contribution is -2.48. The Morgan fingerprint density at radius 3 is 2.21 bits per heavy atom. The molecule has 0 atom stereocenters. The van der Waals surface area contributed by atoms with Gasteiger partial charge >= 0.3 is 0 Å². The van der Waals surface area contributed by atoms with Crippen LogP contribution in [0.5, 0.6) is 11.5 Å². The molecule has 176 valence electrons. The summed E-state index contributed by atoms with van der Waals surface area (Å²) in [4.78, 5) is 28.5. The van der Waals surface area contributed by atoms with Gasteiger partial charge in [0.15, 0.2) is 5.11 Å². The largest absolute Gasteiger partial charge is 0.497 e. The van der Waals surface area contributed by atoms with E-state index in [-0.39, 0.29) is 11.0 Å². The number of nitrogens with one attached hydrogen (secondary N) is 2. The number of hydrogen-bond donors (Lipinski definition) is 2. The minimum atomic E-state index is -0.396. The number of piperazine rings is 1. The van der Waals surface area contributed by atoms with Crippen molar-refractivity contribution >= 4 is 52.1 Å². The molecule has 0 unspecified atom stereocenters. The van der Waals surface area contributed by atoms with Crippen LogP contribution in [0, 0.1) is 0 Å². The van der Waals surface area contributed by atoms with E-state index >= 15 is 0 Å². The van der Waals surface area contributed by atoms with Crippen molar-refractivity contribution in [2.24, 2.45) is 0 Å². The van der Waals surface area contributed by atoms with Crippen LogP contribution in [0.25, 0.3) is 0 Å². The van der Waals surface area contributed by atoms with Gasteiger partial charge in [0.05, 0.1) is 24.9 Å². The van der Waals surface area contributed by atoms with E-state index in [0.29, 0.717) is 47.3 Å². The number of benzene rings is 2. The van der Waals surface area contributed by atoms with Gasteiger partial charge in [0.1, 0.15) is 11.5 Å². The van der Waals surface area contributed by atoms with Crippen LogP contribution in [0.3, 0.4) is 0 Å². The molecule has 0 spiro atoms. The van der Waals surface area contributed by atoms with Gasteiger partial charge in [0.2, 0.25) is 5.91 Å². The number of carbonyl (C=O) groups excluding carboxylic acids is 2. The van der Waals surface area contributed by atoms with Crippen molar-refractivity contribution in [1.29, 1.82) is 0 Å². The van der Waals surface area contributed by atoms with Crippen LogP contribution in [-0.2, 0) is 4.79 Å². The minimum absolute atomic E-state index is 0.136. The summed E-state index contributed by atoms with van der Waals surface area (Å²) in [5.74, 6) is 0.774. The number of anilines is 2. The first kappa shape index (κ1) is 24.6. The number of amides is 2. The van der Waals surface area contributed by atoms with E-state index in [0.717, 1.165) is 18.8 Å². The van der Waals surface area contributed by atoms with Gasteiger partial charge in [-0.15, -0.1) is 0 Å². The van der Waals surface area contributed by atoms with Crippen molar-refractivity contribution in [2.45, 2.75) is 13.3 Å². The van der Waals surface area contributed by atoms with Crippen LogP contribution in [0.1, 0.15) is 23.7 Å². The van der Waals surface area contributed by atoms with Gasteiger partial charge in [-0.3, -0.25) is 14.9 Å². The molecule has 8 nitrogen and oxygen atoms in total. The minimum Gasteiger partial charge on any atom is -0.497 e. The van der Waals surface area contributed by atoms with Crippen LogP contribution in [0.15, 0.2) is 36.4 Å². The molecule has 3 rings (SSSR count). The van der Waals surface area contributed by atoms with E-state index in [4.69, 9.17) is 33.3 Å². The SMILES string of the molecule is CCC(=O)N1CCN(c2ccc(NC(=S)NC(=O)c3cc(OC)cc(OC)c3)cc2Cl)CC1. The highest BCUT2D eigenvalue weighted by molar-refractivity contribution is 7.80. The summed E-state index contributed by atoms with van der Waals surface area (Å²) in [7, 11) is 3.03. The maximum atomic E-state index is 12.6. The zero-order chi connectivity index (χ0) is 24.0. The Balaban J connectivity index is 1.60. The zero-order valence-electron chi connectivity index (χ0n) is 18.8.